The number of fused-ring (bicyclic) bond motifs is 1. The largest absolute Gasteiger partial charge is 0.377 e. The minimum atomic E-state index is -3.93. The van der Waals surface area contributed by atoms with Crippen LogP contribution < -0.4 is 4.72 Å². The van der Waals surface area contributed by atoms with Gasteiger partial charge in [0.15, 0.2) is 5.03 Å². The highest BCUT2D eigenvalue weighted by Gasteiger charge is 2.45. The van der Waals surface area contributed by atoms with Crippen molar-refractivity contribution in [3.63, 3.8) is 0 Å². The molecule has 8 nitrogen and oxygen atoms in total. The Balaban J connectivity index is 1.96. The summed E-state index contributed by atoms with van der Waals surface area (Å²) >= 11 is 0. The number of nitrogens with zero attached hydrogens (tertiary/aromatic N) is 2. The molecule has 0 spiro atoms. The number of pyridine rings is 1. The summed E-state index contributed by atoms with van der Waals surface area (Å²) < 4.78 is 57.1. The van der Waals surface area contributed by atoms with Gasteiger partial charge in [-0.05, 0) is 12.1 Å². The number of rotatable bonds is 5. The minimum absolute atomic E-state index is 0.0238. The lowest BCUT2D eigenvalue weighted by atomic mass is 10.0. The zero-order chi connectivity index (χ0) is 16.0. The van der Waals surface area contributed by atoms with Gasteiger partial charge in [0, 0.05) is 12.5 Å². The van der Waals surface area contributed by atoms with Gasteiger partial charge in [-0.1, -0.05) is 6.07 Å². The number of hydrogen-bond acceptors (Lipinski definition) is 6. The van der Waals surface area contributed by atoms with E-state index in [1.54, 1.807) is 24.4 Å². The van der Waals surface area contributed by atoms with Gasteiger partial charge in [0.05, 0.1) is 30.7 Å². The third-order valence-corrected chi connectivity index (χ3v) is 5.94. The summed E-state index contributed by atoms with van der Waals surface area (Å²) in [4.78, 5) is 4.03. The Bertz CT molecular complexity index is 913. The molecular formula is C12H15N3O5S2. The molecule has 10 heteroatoms. The molecule has 0 radical (unpaired) electrons. The SMILES string of the molecule is CS(=O)(=O)CC1(NS(=O)(=O)c2cnc3ccccn23)COC1. The van der Waals surface area contributed by atoms with E-state index >= 15 is 0 Å². The van der Waals surface area contributed by atoms with E-state index in [2.05, 4.69) is 9.71 Å². The zero-order valence-electron chi connectivity index (χ0n) is 11.8. The first-order chi connectivity index (χ1) is 10.2. The number of sulfone groups is 1. The molecule has 0 atom stereocenters. The molecule has 0 unspecified atom stereocenters. The average molecular weight is 345 g/mol. The van der Waals surface area contributed by atoms with E-state index < -0.39 is 25.4 Å². The first kappa shape index (κ1) is 15.4. The molecular weight excluding hydrogens is 330 g/mol. The second-order valence-electron chi connectivity index (χ2n) is 5.47. The Morgan fingerprint density at radius 3 is 2.64 bits per heavy atom. The number of hydrogen-bond donors (Lipinski definition) is 1. The molecule has 0 aliphatic carbocycles. The van der Waals surface area contributed by atoms with Crippen LogP contribution in [0.25, 0.3) is 5.65 Å². The van der Waals surface area contributed by atoms with Crippen LogP contribution >= 0.6 is 0 Å². The third kappa shape index (κ3) is 2.86. The average Bonchev–Trinajstić information content (AvgIpc) is 2.78. The van der Waals surface area contributed by atoms with Crippen molar-refractivity contribution in [3.8, 4) is 0 Å². The van der Waals surface area contributed by atoms with Crippen LogP contribution in [-0.2, 0) is 24.6 Å². The molecule has 0 bridgehead atoms. The minimum Gasteiger partial charge on any atom is -0.377 e. The molecule has 22 heavy (non-hydrogen) atoms. The van der Waals surface area contributed by atoms with Gasteiger partial charge >= 0.3 is 0 Å². The summed E-state index contributed by atoms with van der Waals surface area (Å²) in [5.74, 6) is -0.310. The fourth-order valence-corrected chi connectivity index (χ4v) is 5.27. The maximum Gasteiger partial charge on any atom is 0.258 e. The van der Waals surface area contributed by atoms with Crippen LogP contribution in [0.2, 0.25) is 0 Å². The van der Waals surface area contributed by atoms with Gasteiger partial charge in [0.2, 0.25) is 0 Å². The Morgan fingerprint density at radius 1 is 1.32 bits per heavy atom. The van der Waals surface area contributed by atoms with Crippen LogP contribution in [0, 0.1) is 0 Å². The number of ether oxygens (including phenoxy) is 1. The van der Waals surface area contributed by atoms with Crippen molar-refractivity contribution in [2.45, 2.75) is 10.6 Å². The van der Waals surface area contributed by atoms with E-state index in [1.165, 1.54) is 10.6 Å². The van der Waals surface area contributed by atoms with Crippen molar-refractivity contribution in [1.82, 2.24) is 14.1 Å². The summed E-state index contributed by atoms with van der Waals surface area (Å²) in [6.07, 6.45) is 3.89. The van der Waals surface area contributed by atoms with E-state index in [0.717, 1.165) is 6.26 Å². The van der Waals surface area contributed by atoms with Crippen molar-refractivity contribution in [2.75, 3.05) is 25.2 Å². The van der Waals surface area contributed by atoms with Crippen molar-refractivity contribution < 1.29 is 21.6 Å². The zero-order valence-corrected chi connectivity index (χ0v) is 13.4. The molecule has 0 amide bonds. The van der Waals surface area contributed by atoms with E-state index in [9.17, 15) is 16.8 Å². The predicted octanol–water partition coefficient (Wildman–Crippen LogP) is -0.574. The summed E-state index contributed by atoms with van der Waals surface area (Å²) in [7, 11) is -7.28. The fraction of sp³-hybridized carbons (Fsp3) is 0.417. The Hall–Kier alpha value is -1.49. The Labute approximate surface area is 128 Å². The van der Waals surface area contributed by atoms with Gasteiger partial charge in [0.25, 0.3) is 10.0 Å². The molecule has 2 aromatic rings. The van der Waals surface area contributed by atoms with Gasteiger partial charge in [-0.2, -0.15) is 4.72 Å². The molecule has 0 saturated carbocycles. The normalized spacial score (nSPS) is 18.2. The van der Waals surface area contributed by atoms with E-state index in [-0.39, 0.29) is 24.0 Å². The maximum absolute atomic E-state index is 12.6. The van der Waals surface area contributed by atoms with Gasteiger partial charge in [-0.25, -0.2) is 21.8 Å². The topological polar surface area (TPSA) is 107 Å². The van der Waals surface area contributed by atoms with Crippen LogP contribution in [0.3, 0.4) is 0 Å². The van der Waals surface area contributed by atoms with Gasteiger partial charge in [0.1, 0.15) is 15.5 Å². The van der Waals surface area contributed by atoms with Crippen LogP contribution in [0.4, 0.5) is 0 Å². The highest BCUT2D eigenvalue weighted by atomic mass is 32.2. The summed E-state index contributed by atoms with van der Waals surface area (Å²) in [6, 6.07) is 5.11. The highest BCUT2D eigenvalue weighted by molar-refractivity contribution is 7.91. The molecule has 3 heterocycles. The third-order valence-electron chi connectivity index (χ3n) is 3.30. The van der Waals surface area contributed by atoms with Gasteiger partial charge in [-0.15, -0.1) is 0 Å². The number of imidazole rings is 1. The van der Waals surface area contributed by atoms with E-state index in [4.69, 9.17) is 4.74 Å². The monoisotopic (exact) mass is 345 g/mol. The van der Waals surface area contributed by atoms with Crippen LogP contribution in [-0.4, -0.2) is 57.0 Å². The van der Waals surface area contributed by atoms with Crippen LogP contribution in [0.5, 0.6) is 0 Å². The lowest BCUT2D eigenvalue weighted by Crippen LogP contribution is -2.65. The summed E-state index contributed by atoms with van der Waals surface area (Å²) in [5, 5.41) is -0.0390. The molecule has 120 valence electrons. The second kappa shape index (κ2) is 5.01. The Morgan fingerprint density at radius 2 is 2.05 bits per heavy atom. The molecule has 3 rings (SSSR count). The van der Waals surface area contributed by atoms with Gasteiger partial charge < -0.3 is 4.74 Å². The molecule has 1 aliphatic rings. The van der Waals surface area contributed by atoms with E-state index in [1.807, 2.05) is 0 Å². The molecule has 0 aromatic carbocycles. The first-order valence-corrected chi connectivity index (χ1v) is 9.97. The van der Waals surface area contributed by atoms with Crippen LogP contribution in [0.1, 0.15) is 0 Å². The molecule has 1 fully saturated rings. The smallest absolute Gasteiger partial charge is 0.258 e. The lowest BCUT2D eigenvalue weighted by Gasteiger charge is -2.40. The molecule has 1 saturated heterocycles. The maximum atomic E-state index is 12.6. The number of sulfonamides is 1. The van der Waals surface area contributed by atoms with Crippen molar-refractivity contribution in [1.29, 1.82) is 0 Å². The summed E-state index contributed by atoms with van der Waals surface area (Å²) in [6.45, 7) is 0.0477. The quantitative estimate of drug-likeness (QED) is 0.777. The molecule has 2 aromatic heterocycles. The van der Waals surface area contributed by atoms with Crippen molar-refractivity contribution in [2.24, 2.45) is 0 Å². The second-order valence-corrected chi connectivity index (χ2v) is 9.24. The Kier molecular flexibility index (Phi) is 3.51. The standard InChI is InChI=1S/C12H15N3O5S2/c1-21(16,17)9-12(7-20-8-12)14-22(18,19)11-6-13-10-4-2-3-5-15(10)11/h2-6,14H,7-9H2,1H3. The number of aromatic nitrogens is 2. The predicted molar refractivity (Wildman–Crippen MR) is 78.8 cm³/mol. The van der Waals surface area contributed by atoms with Crippen LogP contribution in [0.15, 0.2) is 35.6 Å². The van der Waals surface area contributed by atoms with Crippen molar-refractivity contribution >= 4 is 25.5 Å². The fourth-order valence-electron chi connectivity index (χ4n) is 2.47. The van der Waals surface area contributed by atoms with E-state index in [0.29, 0.717) is 5.65 Å². The first-order valence-electron chi connectivity index (χ1n) is 6.42. The molecule has 1 aliphatic heterocycles. The van der Waals surface area contributed by atoms with Crippen molar-refractivity contribution in [3.05, 3.63) is 30.6 Å². The lowest BCUT2D eigenvalue weighted by molar-refractivity contribution is -0.0504. The molecule has 1 N–H and O–H groups in total. The summed E-state index contributed by atoms with van der Waals surface area (Å²) in [5.41, 5.74) is -0.629. The highest BCUT2D eigenvalue weighted by Crippen LogP contribution is 2.23. The van der Waals surface area contributed by atoms with Gasteiger partial charge in [-0.3, -0.25) is 4.40 Å². The number of nitrogens with one attached hydrogen (secondary N) is 1.